The number of carbonyl (C=O) groups excluding carboxylic acids is 1. The monoisotopic (exact) mass is 522 g/mol. The second-order valence-corrected chi connectivity index (χ2v) is 9.54. The van der Waals surface area contributed by atoms with Crippen molar-refractivity contribution in [3.63, 3.8) is 0 Å². The van der Waals surface area contributed by atoms with Crippen LogP contribution in [-0.4, -0.2) is 19.2 Å². The van der Waals surface area contributed by atoms with Gasteiger partial charge in [-0.15, -0.1) is 0 Å². The molecule has 0 amide bonds. The van der Waals surface area contributed by atoms with E-state index in [0.717, 1.165) is 30.0 Å². The summed E-state index contributed by atoms with van der Waals surface area (Å²) in [5.41, 5.74) is -1.21. The van der Waals surface area contributed by atoms with Gasteiger partial charge >= 0.3 is 6.18 Å². The van der Waals surface area contributed by atoms with E-state index in [-0.39, 0.29) is 27.0 Å². The lowest BCUT2D eigenvalue weighted by molar-refractivity contribution is -0.137. The number of benzene rings is 2. The smallest absolute Gasteiger partial charge is 0.287 e. The minimum atomic E-state index is -4.87. The first-order valence-electron chi connectivity index (χ1n) is 8.65. The number of sulfonamides is 1. The number of alkyl halides is 3. The van der Waals surface area contributed by atoms with Crippen LogP contribution in [0.25, 0.3) is 0 Å². The highest BCUT2D eigenvalue weighted by Gasteiger charge is 2.35. The van der Waals surface area contributed by atoms with Crippen molar-refractivity contribution in [1.29, 1.82) is 0 Å². The summed E-state index contributed by atoms with van der Waals surface area (Å²) in [5, 5.41) is -0.564. The minimum absolute atomic E-state index is 0.0123. The molecule has 168 valence electrons. The van der Waals surface area contributed by atoms with Gasteiger partial charge in [0.05, 0.1) is 31.2 Å². The molecule has 0 fully saturated rings. The van der Waals surface area contributed by atoms with E-state index in [2.05, 4.69) is 9.71 Å². The van der Waals surface area contributed by atoms with Gasteiger partial charge in [-0.3, -0.25) is 9.52 Å². The lowest BCUT2D eigenvalue weighted by atomic mass is 10.0. The summed E-state index contributed by atoms with van der Waals surface area (Å²) in [4.78, 5) is 16.2. The maximum absolute atomic E-state index is 13.1. The van der Waals surface area contributed by atoms with Gasteiger partial charge in [-0.2, -0.15) is 13.2 Å². The number of aromatic nitrogens is 1. The summed E-state index contributed by atoms with van der Waals surface area (Å²) in [6.07, 6.45) is -3.75. The third-order valence-electron chi connectivity index (χ3n) is 4.23. The minimum Gasteiger partial charge on any atom is -0.287 e. The third-order valence-corrected chi connectivity index (χ3v) is 6.46. The maximum atomic E-state index is 13.1. The summed E-state index contributed by atoms with van der Waals surface area (Å²) in [6, 6.07) is 7.89. The Hall–Kier alpha value is -2.33. The first-order chi connectivity index (χ1) is 14.8. The van der Waals surface area contributed by atoms with Crippen molar-refractivity contribution in [2.75, 3.05) is 4.72 Å². The number of pyridine rings is 1. The molecule has 0 radical (unpaired) electrons. The first-order valence-corrected chi connectivity index (χ1v) is 11.3. The average molecular weight is 524 g/mol. The fourth-order valence-electron chi connectivity index (χ4n) is 2.73. The Kier molecular flexibility index (Phi) is 6.76. The number of nitrogens with zero attached hydrogens (tertiary/aromatic N) is 1. The number of rotatable bonds is 5. The van der Waals surface area contributed by atoms with E-state index in [4.69, 9.17) is 34.8 Å². The van der Waals surface area contributed by atoms with E-state index in [1.54, 1.807) is 13.0 Å². The Morgan fingerprint density at radius 3 is 2.31 bits per heavy atom. The molecule has 0 aliphatic carbocycles. The summed E-state index contributed by atoms with van der Waals surface area (Å²) < 4.78 is 67.1. The topological polar surface area (TPSA) is 76.1 Å². The van der Waals surface area contributed by atoms with Gasteiger partial charge in [-0.1, -0.05) is 46.4 Å². The van der Waals surface area contributed by atoms with Crippen LogP contribution < -0.4 is 4.72 Å². The Balaban J connectivity index is 2.07. The highest BCUT2D eigenvalue weighted by molar-refractivity contribution is 7.92. The largest absolute Gasteiger partial charge is 0.417 e. The van der Waals surface area contributed by atoms with Crippen molar-refractivity contribution in [1.82, 2.24) is 4.98 Å². The molecule has 3 rings (SSSR count). The van der Waals surface area contributed by atoms with Crippen LogP contribution in [-0.2, 0) is 16.2 Å². The molecule has 5 nitrogen and oxygen atoms in total. The molecule has 0 saturated heterocycles. The number of hydrogen-bond donors (Lipinski definition) is 1. The van der Waals surface area contributed by atoms with Crippen LogP contribution in [0, 0.1) is 6.92 Å². The fourth-order valence-corrected chi connectivity index (χ4v) is 4.40. The summed E-state index contributed by atoms with van der Waals surface area (Å²) in [5.74, 6) is -0.708. The first kappa shape index (κ1) is 24.3. The second kappa shape index (κ2) is 8.90. The third kappa shape index (κ3) is 5.17. The molecule has 12 heteroatoms. The summed E-state index contributed by atoms with van der Waals surface area (Å²) in [7, 11) is -4.58. The number of nitrogens with one attached hydrogen (secondary N) is 1. The Bertz CT molecular complexity index is 1330. The molecule has 1 N–H and O–H groups in total. The molecule has 1 heterocycles. The molecule has 0 bridgehead atoms. The van der Waals surface area contributed by atoms with Crippen LogP contribution in [0.4, 0.5) is 18.9 Å². The quantitative estimate of drug-likeness (QED) is 0.393. The molecule has 0 aliphatic rings. The number of aryl methyl sites for hydroxylation is 1. The van der Waals surface area contributed by atoms with Gasteiger partial charge in [0.15, 0.2) is 0 Å². The van der Waals surface area contributed by atoms with Crippen LogP contribution in [0.3, 0.4) is 0 Å². The Morgan fingerprint density at radius 1 is 1.00 bits per heavy atom. The van der Waals surface area contributed by atoms with E-state index in [0.29, 0.717) is 6.07 Å². The zero-order chi connectivity index (χ0) is 23.8. The Morgan fingerprint density at radius 2 is 1.66 bits per heavy atom. The van der Waals surface area contributed by atoms with Gasteiger partial charge in [0, 0.05) is 11.8 Å². The van der Waals surface area contributed by atoms with Crippen LogP contribution in [0.15, 0.2) is 53.6 Å². The van der Waals surface area contributed by atoms with E-state index >= 15 is 0 Å². The van der Waals surface area contributed by atoms with Crippen molar-refractivity contribution >= 4 is 56.3 Å². The molecule has 0 atom stereocenters. The molecule has 0 spiro atoms. The van der Waals surface area contributed by atoms with Crippen LogP contribution in [0.1, 0.15) is 27.2 Å². The molecule has 0 unspecified atom stereocenters. The lowest BCUT2D eigenvalue weighted by Crippen LogP contribution is -2.18. The molecule has 3 aromatic rings. The number of ketones is 1. The summed E-state index contributed by atoms with van der Waals surface area (Å²) in [6.45, 7) is 1.73. The fraction of sp³-hybridized carbons (Fsp3) is 0.100. The Labute approximate surface area is 196 Å². The lowest BCUT2D eigenvalue weighted by Gasteiger charge is -2.14. The normalized spacial score (nSPS) is 12.0. The standard InChI is InChI=1S/C20H12Cl3F3N2O3S/c1-10-2-4-15(22)13(6-10)19(29)18-17(7-11(21)9-27-18)28-32(30,31)12-3-5-16(23)14(8-12)20(24,25)26/h2-9,28H,1H3. The predicted octanol–water partition coefficient (Wildman–Crippen LogP) is 6.40. The van der Waals surface area contributed by atoms with Crippen molar-refractivity contribution < 1.29 is 26.4 Å². The van der Waals surface area contributed by atoms with Crippen molar-refractivity contribution in [2.24, 2.45) is 0 Å². The van der Waals surface area contributed by atoms with Gasteiger partial charge < -0.3 is 0 Å². The average Bonchev–Trinajstić information content (AvgIpc) is 2.68. The van der Waals surface area contributed by atoms with Gasteiger partial charge in [-0.25, -0.2) is 13.4 Å². The van der Waals surface area contributed by atoms with Crippen LogP contribution in [0.2, 0.25) is 15.1 Å². The summed E-state index contributed by atoms with van der Waals surface area (Å²) >= 11 is 17.6. The van der Waals surface area contributed by atoms with Gasteiger partial charge in [0.2, 0.25) is 5.78 Å². The van der Waals surface area contributed by atoms with Gasteiger partial charge in [0.25, 0.3) is 10.0 Å². The van der Waals surface area contributed by atoms with Crippen molar-refractivity contribution in [3.05, 3.63) is 86.1 Å². The highest BCUT2D eigenvalue weighted by atomic mass is 35.5. The molecule has 0 aliphatic heterocycles. The van der Waals surface area contributed by atoms with E-state index < -0.39 is 37.5 Å². The van der Waals surface area contributed by atoms with Crippen LogP contribution in [0.5, 0.6) is 0 Å². The number of anilines is 1. The highest BCUT2D eigenvalue weighted by Crippen LogP contribution is 2.36. The van der Waals surface area contributed by atoms with E-state index in [1.165, 1.54) is 12.1 Å². The van der Waals surface area contributed by atoms with Crippen LogP contribution >= 0.6 is 34.8 Å². The molecule has 1 aromatic heterocycles. The second-order valence-electron chi connectivity index (χ2n) is 6.61. The molecule has 32 heavy (non-hydrogen) atoms. The van der Waals surface area contributed by atoms with Gasteiger partial charge in [-0.05, 0) is 43.3 Å². The zero-order valence-corrected chi connectivity index (χ0v) is 19.1. The predicted molar refractivity (Wildman–Crippen MR) is 116 cm³/mol. The van der Waals surface area contributed by atoms with E-state index in [9.17, 15) is 26.4 Å². The van der Waals surface area contributed by atoms with Crippen molar-refractivity contribution in [3.8, 4) is 0 Å². The molecular weight excluding hydrogens is 512 g/mol. The SMILES string of the molecule is Cc1ccc(Cl)c(C(=O)c2ncc(Cl)cc2NS(=O)(=O)c2ccc(Cl)c(C(F)(F)F)c2)c1. The molecular formula is C20H12Cl3F3N2O3S. The number of halogens is 6. The maximum Gasteiger partial charge on any atom is 0.417 e. The number of hydrogen-bond acceptors (Lipinski definition) is 4. The van der Waals surface area contributed by atoms with E-state index in [1.807, 2.05) is 0 Å². The molecule has 0 saturated carbocycles. The van der Waals surface area contributed by atoms with Crippen molar-refractivity contribution in [2.45, 2.75) is 18.0 Å². The zero-order valence-electron chi connectivity index (χ0n) is 16.0. The molecule has 2 aromatic carbocycles. The number of carbonyl (C=O) groups is 1. The van der Waals surface area contributed by atoms with Gasteiger partial charge in [0.1, 0.15) is 5.69 Å².